The average Bonchev–Trinajstić information content (AvgIpc) is 3.30. The second-order valence-corrected chi connectivity index (χ2v) is 6.56. The first-order valence-electron chi connectivity index (χ1n) is 8.05. The number of hydrogen-bond donors (Lipinski definition) is 0. The standard InChI is InChI=1S/C17H26N2O/c1-13(2)17-8-6-15(11-18-17)19-9-10-20-16(12-19)7-5-14-3-4-14/h6,8,11,13-14,16H,3-5,7,9-10,12H2,1-2H3/t16-/m1/s1. The van der Waals surface area contributed by atoms with Crippen LogP contribution in [0.3, 0.4) is 0 Å². The van der Waals surface area contributed by atoms with Crippen LogP contribution in [0.4, 0.5) is 5.69 Å². The Balaban J connectivity index is 1.57. The number of rotatable bonds is 5. The minimum atomic E-state index is 0.411. The Bertz CT molecular complexity index is 425. The zero-order chi connectivity index (χ0) is 13.9. The van der Waals surface area contributed by atoms with Crippen molar-refractivity contribution in [2.75, 3.05) is 24.6 Å². The predicted octanol–water partition coefficient (Wildman–Crippen LogP) is 3.60. The maximum absolute atomic E-state index is 5.91. The van der Waals surface area contributed by atoms with Crippen molar-refractivity contribution in [2.24, 2.45) is 5.92 Å². The lowest BCUT2D eigenvalue weighted by atomic mass is 10.1. The van der Waals surface area contributed by atoms with E-state index in [1.165, 1.54) is 37.1 Å². The van der Waals surface area contributed by atoms with Crippen molar-refractivity contribution in [3.05, 3.63) is 24.0 Å². The second-order valence-electron chi connectivity index (χ2n) is 6.56. The second kappa shape index (κ2) is 6.13. The van der Waals surface area contributed by atoms with E-state index in [2.05, 4.69) is 35.9 Å². The Labute approximate surface area is 122 Å². The van der Waals surface area contributed by atoms with Gasteiger partial charge in [0.1, 0.15) is 0 Å². The van der Waals surface area contributed by atoms with Crippen LogP contribution in [0.1, 0.15) is 51.1 Å². The number of anilines is 1. The fraction of sp³-hybridized carbons (Fsp3) is 0.706. The van der Waals surface area contributed by atoms with Crippen LogP contribution >= 0.6 is 0 Å². The summed E-state index contributed by atoms with van der Waals surface area (Å²) < 4.78 is 5.91. The molecule has 0 N–H and O–H groups in total. The SMILES string of the molecule is CC(C)c1ccc(N2CCO[C@H](CCC3CC3)C2)cn1. The van der Waals surface area contributed by atoms with Gasteiger partial charge in [-0.2, -0.15) is 0 Å². The first-order valence-corrected chi connectivity index (χ1v) is 8.05. The van der Waals surface area contributed by atoms with Crippen LogP contribution in [0.2, 0.25) is 0 Å². The van der Waals surface area contributed by atoms with Crippen molar-refractivity contribution >= 4 is 5.69 Å². The lowest BCUT2D eigenvalue weighted by Gasteiger charge is -2.34. The molecule has 1 aliphatic carbocycles. The minimum Gasteiger partial charge on any atom is -0.375 e. The van der Waals surface area contributed by atoms with Crippen LogP contribution < -0.4 is 4.90 Å². The third-order valence-electron chi connectivity index (χ3n) is 4.46. The zero-order valence-electron chi connectivity index (χ0n) is 12.7. The number of ether oxygens (including phenoxy) is 1. The smallest absolute Gasteiger partial charge is 0.0750 e. The van der Waals surface area contributed by atoms with E-state index < -0.39 is 0 Å². The van der Waals surface area contributed by atoms with Crippen molar-refractivity contribution in [3.63, 3.8) is 0 Å². The van der Waals surface area contributed by atoms with Gasteiger partial charge in [0.2, 0.25) is 0 Å². The topological polar surface area (TPSA) is 25.4 Å². The quantitative estimate of drug-likeness (QED) is 0.820. The van der Waals surface area contributed by atoms with E-state index in [0.29, 0.717) is 12.0 Å². The number of hydrogen-bond acceptors (Lipinski definition) is 3. The summed E-state index contributed by atoms with van der Waals surface area (Å²) in [5.41, 5.74) is 2.42. The summed E-state index contributed by atoms with van der Waals surface area (Å²) in [6, 6.07) is 4.38. The molecule has 20 heavy (non-hydrogen) atoms. The van der Waals surface area contributed by atoms with Crippen LogP contribution in [0.25, 0.3) is 0 Å². The molecule has 1 atom stereocenters. The molecular weight excluding hydrogens is 248 g/mol. The summed E-state index contributed by atoms with van der Waals surface area (Å²) >= 11 is 0. The zero-order valence-corrected chi connectivity index (χ0v) is 12.7. The molecule has 0 aromatic carbocycles. The molecule has 1 aromatic heterocycles. The molecule has 110 valence electrons. The first-order chi connectivity index (χ1) is 9.72. The minimum absolute atomic E-state index is 0.411. The Kier molecular flexibility index (Phi) is 4.25. The normalized spacial score (nSPS) is 23.4. The highest BCUT2D eigenvalue weighted by atomic mass is 16.5. The van der Waals surface area contributed by atoms with Gasteiger partial charge in [-0.25, -0.2) is 0 Å². The molecular formula is C17H26N2O. The number of aromatic nitrogens is 1. The third kappa shape index (κ3) is 3.51. The Hall–Kier alpha value is -1.09. The highest BCUT2D eigenvalue weighted by molar-refractivity contribution is 5.45. The molecule has 1 saturated heterocycles. The van der Waals surface area contributed by atoms with Crippen molar-refractivity contribution in [1.82, 2.24) is 4.98 Å². The van der Waals surface area contributed by atoms with Gasteiger partial charge in [-0.05, 0) is 36.8 Å². The number of pyridine rings is 1. The first kappa shape index (κ1) is 13.9. The van der Waals surface area contributed by atoms with Crippen LogP contribution in [0, 0.1) is 5.92 Å². The largest absolute Gasteiger partial charge is 0.375 e. The van der Waals surface area contributed by atoms with Crippen LogP contribution in [0.15, 0.2) is 18.3 Å². The highest BCUT2D eigenvalue weighted by Crippen LogP contribution is 2.34. The van der Waals surface area contributed by atoms with Crippen molar-refractivity contribution in [2.45, 2.75) is 51.6 Å². The highest BCUT2D eigenvalue weighted by Gasteiger charge is 2.26. The summed E-state index contributed by atoms with van der Waals surface area (Å²) in [6.07, 6.45) is 7.89. The molecule has 2 fully saturated rings. The molecule has 3 heteroatoms. The van der Waals surface area contributed by atoms with E-state index in [1.54, 1.807) is 0 Å². The van der Waals surface area contributed by atoms with Crippen LogP contribution in [-0.4, -0.2) is 30.8 Å². The Morgan fingerprint density at radius 3 is 2.80 bits per heavy atom. The molecule has 3 rings (SSSR count). The summed E-state index contributed by atoms with van der Waals surface area (Å²) in [6.45, 7) is 7.23. The van der Waals surface area contributed by atoms with Gasteiger partial charge in [-0.1, -0.05) is 26.7 Å². The van der Waals surface area contributed by atoms with Gasteiger partial charge >= 0.3 is 0 Å². The van der Waals surface area contributed by atoms with Gasteiger partial charge in [-0.15, -0.1) is 0 Å². The molecule has 2 aliphatic rings. The molecule has 0 bridgehead atoms. The Morgan fingerprint density at radius 1 is 1.30 bits per heavy atom. The van der Waals surface area contributed by atoms with E-state index in [4.69, 9.17) is 4.74 Å². The van der Waals surface area contributed by atoms with Gasteiger partial charge in [0, 0.05) is 18.8 Å². The van der Waals surface area contributed by atoms with Gasteiger partial charge in [-0.3, -0.25) is 4.98 Å². The van der Waals surface area contributed by atoms with Gasteiger partial charge in [0.25, 0.3) is 0 Å². The molecule has 0 unspecified atom stereocenters. The number of morpholine rings is 1. The van der Waals surface area contributed by atoms with E-state index in [-0.39, 0.29) is 0 Å². The van der Waals surface area contributed by atoms with E-state index >= 15 is 0 Å². The number of nitrogens with zero attached hydrogens (tertiary/aromatic N) is 2. The molecule has 0 spiro atoms. The molecule has 1 aromatic rings. The maximum atomic E-state index is 5.91. The molecule has 1 aliphatic heterocycles. The molecule has 0 radical (unpaired) electrons. The van der Waals surface area contributed by atoms with E-state index in [1.807, 2.05) is 6.20 Å². The Morgan fingerprint density at radius 2 is 2.15 bits per heavy atom. The molecule has 3 nitrogen and oxygen atoms in total. The van der Waals surface area contributed by atoms with Gasteiger partial charge in [0.15, 0.2) is 0 Å². The summed E-state index contributed by atoms with van der Waals surface area (Å²) in [5.74, 6) is 1.50. The monoisotopic (exact) mass is 274 g/mol. The van der Waals surface area contributed by atoms with Crippen molar-refractivity contribution in [1.29, 1.82) is 0 Å². The van der Waals surface area contributed by atoms with E-state index in [0.717, 1.165) is 25.6 Å². The fourth-order valence-electron chi connectivity index (χ4n) is 2.88. The molecule has 2 heterocycles. The van der Waals surface area contributed by atoms with Crippen LogP contribution in [0.5, 0.6) is 0 Å². The summed E-state index contributed by atoms with van der Waals surface area (Å²) in [4.78, 5) is 7.01. The lowest BCUT2D eigenvalue weighted by molar-refractivity contribution is 0.0330. The third-order valence-corrected chi connectivity index (χ3v) is 4.46. The molecule has 0 amide bonds. The van der Waals surface area contributed by atoms with Crippen molar-refractivity contribution in [3.8, 4) is 0 Å². The summed E-state index contributed by atoms with van der Waals surface area (Å²) in [5, 5.41) is 0. The lowest BCUT2D eigenvalue weighted by Crippen LogP contribution is -2.42. The van der Waals surface area contributed by atoms with Crippen molar-refractivity contribution < 1.29 is 4.74 Å². The fourth-order valence-corrected chi connectivity index (χ4v) is 2.88. The van der Waals surface area contributed by atoms with Crippen LogP contribution in [-0.2, 0) is 4.74 Å². The average molecular weight is 274 g/mol. The molecule has 1 saturated carbocycles. The van der Waals surface area contributed by atoms with E-state index in [9.17, 15) is 0 Å². The van der Waals surface area contributed by atoms with Gasteiger partial charge < -0.3 is 9.64 Å². The van der Waals surface area contributed by atoms with Gasteiger partial charge in [0.05, 0.1) is 24.6 Å². The maximum Gasteiger partial charge on any atom is 0.0750 e. The predicted molar refractivity (Wildman–Crippen MR) is 82.2 cm³/mol. The summed E-state index contributed by atoms with van der Waals surface area (Å²) in [7, 11) is 0.